The molecule has 2 aromatic rings. The fourth-order valence-electron chi connectivity index (χ4n) is 2.98. The molecule has 1 atom stereocenters. The van der Waals surface area contributed by atoms with Crippen molar-refractivity contribution in [3.63, 3.8) is 0 Å². The standard InChI is InChI=1S/C18H21BrN4O3S/c1-12(16-20-5-10-27-16)22-6-8-23(9-7-22)18(25)21-13-3-4-14(15(19)11-13)17(24)26-2/h3-5,10-12H,6-9H2,1-2H3,(H,21,25). The molecule has 3 rings (SSSR count). The number of methoxy groups -OCH3 is 1. The van der Waals surface area contributed by atoms with Gasteiger partial charge in [0.05, 0.1) is 18.7 Å². The van der Waals surface area contributed by atoms with E-state index in [9.17, 15) is 9.59 Å². The first-order valence-corrected chi connectivity index (χ1v) is 10.2. The Hall–Kier alpha value is -1.97. The average Bonchev–Trinajstić information content (AvgIpc) is 3.22. The van der Waals surface area contributed by atoms with Gasteiger partial charge in [-0.1, -0.05) is 0 Å². The lowest BCUT2D eigenvalue weighted by atomic mass is 10.2. The second-order valence-corrected chi connectivity index (χ2v) is 7.97. The van der Waals surface area contributed by atoms with E-state index in [1.165, 1.54) is 7.11 Å². The smallest absolute Gasteiger partial charge is 0.339 e. The molecule has 0 saturated carbocycles. The van der Waals surface area contributed by atoms with Crippen LogP contribution in [0.1, 0.15) is 28.3 Å². The van der Waals surface area contributed by atoms with E-state index >= 15 is 0 Å². The Balaban J connectivity index is 1.55. The lowest BCUT2D eigenvalue weighted by Gasteiger charge is -2.37. The maximum Gasteiger partial charge on any atom is 0.339 e. The zero-order valence-electron chi connectivity index (χ0n) is 15.1. The van der Waals surface area contributed by atoms with Crippen LogP contribution in [0.25, 0.3) is 0 Å². The van der Waals surface area contributed by atoms with Gasteiger partial charge in [-0.3, -0.25) is 4.90 Å². The number of piperazine rings is 1. The Bertz CT molecular complexity index is 807. The van der Waals surface area contributed by atoms with Gasteiger partial charge < -0.3 is 15.0 Å². The van der Waals surface area contributed by atoms with Gasteiger partial charge in [0.2, 0.25) is 0 Å². The molecule has 1 aliphatic heterocycles. The van der Waals surface area contributed by atoms with Crippen LogP contribution in [-0.2, 0) is 4.74 Å². The van der Waals surface area contributed by atoms with Crippen LogP contribution in [-0.4, -0.2) is 60.1 Å². The van der Waals surface area contributed by atoms with Crippen LogP contribution in [0.5, 0.6) is 0 Å². The van der Waals surface area contributed by atoms with E-state index in [-0.39, 0.29) is 12.1 Å². The topological polar surface area (TPSA) is 74.8 Å². The minimum absolute atomic E-state index is 0.144. The number of carbonyl (C=O) groups excluding carboxylic acids is 2. The first-order chi connectivity index (χ1) is 13.0. The van der Waals surface area contributed by atoms with Crippen molar-refractivity contribution in [3.8, 4) is 0 Å². The normalized spacial score (nSPS) is 16.0. The molecule has 1 N–H and O–H groups in total. The molecule has 1 unspecified atom stereocenters. The number of hydrogen-bond acceptors (Lipinski definition) is 6. The van der Waals surface area contributed by atoms with Crippen molar-refractivity contribution in [2.45, 2.75) is 13.0 Å². The van der Waals surface area contributed by atoms with Gasteiger partial charge in [0, 0.05) is 47.9 Å². The highest BCUT2D eigenvalue weighted by Crippen LogP contribution is 2.24. The number of ether oxygens (including phenoxy) is 1. The summed E-state index contributed by atoms with van der Waals surface area (Å²) in [6, 6.07) is 5.13. The highest BCUT2D eigenvalue weighted by molar-refractivity contribution is 9.10. The molecule has 0 radical (unpaired) electrons. The fraction of sp³-hybridized carbons (Fsp3) is 0.389. The molecule has 0 spiro atoms. The van der Waals surface area contributed by atoms with E-state index in [4.69, 9.17) is 4.74 Å². The van der Waals surface area contributed by atoms with Crippen LogP contribution in [0.2, 0.25) is 0 Å². The van der Waals surface area contributed by atoms with Crippen LogP contribution >= 0.6 is 27.3 Å². The van der Waals surface area contributed by atoms with Crippen LogP contribution in [0, 0.1) is 0 Å². The van der Waals surface area contributed by atoms with Crippen LogP contribution in [0.15, 0.2) is 34.2 Å². The minimum Gasteiger partial charge on any atom is -0.465 e. The van der Waals surface area contributed by atoms with Crippen LogP contribution in [0.4, 0.5) is 10.5 Å². The Labute approximate surface area is 170 Å². The number of nitrogens with zero attached hydrogens (tertiary/aromatic N) is 3. The van der Waals surface area contributed by atoms with Gasteiger partial charge in [-0.05, 0) is 41.1 Å². The summed E-state index contributed by atoms with van der Waals surface area (Å²) < 4.78 is 5.29. The van der Waals surface area contributed by atoms with Crippen molar-refractivity contribution in [3.05, 3.63) is 44.8 Å². The lowest BCUT2D eigenvalue weighted by molar-refractivity contribution is 0.0599. The Morgan fingerprint density at radius 1 is 1.30 bits per heavy atom. The van der Waals surface area contributed by atoms with Crippen molar-refractivity contribution < 1.29 is 14.3 Å². The maximum atomic E-state index is 12.5. The van der Waals surface area contributed by atoms with Crippen molar-refractivity contribution in [1.82, 2.24) is 14.8 Å². The van der Waals surface area contributed by atoms with Crippen LogP contribution in [0.3, 0.4) is 0 Å². The average molecular weight is 453 g/mol. The minimum atomic E-state index is -0.426. The number of aromatic nitrogens is 1. The number of rotatable bonds is 4. The van der Waals surface area contributed by atoms with Gasteiger partial charge in [-0.2, -0.15) is 0 Å². The molecule has 2 heterocycles. The largest absolute Gasteiger partial charge is 0.465 e. The first-order valence-electron chi connectivity index (χ1n) is 8.57. The molecule has 1 saturated heterocycles. The molecular formula is C18H21BrN4O3S. The summed E-state index contributed by atoms with van der Waals surface area (Å²) in [7, 11) is 1.33. The predicted molar refractivity (Wildman–Crippen MR) is 108 cm³/mol. The quantitative estimate of drug-likeness (QED) is 0.717. The third-order valence-electron chi connectivity index (χ3n) is 4.58. The van der Waals surface area contributed by atoms with E-state index < -0.39 is 5.97 Å². The van der Waals surface area contributed by atoms with E-state index in [0.29, 0.717) is 28.8 Å². The molecule has 0 aliphatic carbocycles. The van der Waals surface area contributed by atoms with Gasteiger partial charge >= 0.3 is 12.0 Å². The third-order valence-corrected chi connectivity index (χ3v) is 6.19. The number of benzene rings is 1. The van der Waals surface area contributed by atoms with E-state index in [2.05, 4.69) is 38.1 Å². The summed E-state index contributed by atoms with van der Waals surface area (Å²) in [5.41, 5.74) is 1.04. The molecule has 7 nitrogen and oxygen atoms in total. The summed E-state index contributed by atoms with van der Waals surface area (Å²) in [5, 5.41) is 5.97. The SMILES string of the molecule is COC(=O)c1ccc(NC(=O)N2CCN(C(C)c3nccs3)CC2)cc1Br. The molecule has 1 aliphatic rings. The van der Waals surface area contributed by atoms with Gasteiger partial charge in [-0.15, -0.1) is 11.3 Å². The van der Waals surface area contributed by atoms with Crippen molar-refractivity contribution in [2.75, 3.05) is 38.6 Å². The summed E-state index contributed by atoms with van der Waals surface area (Å²) in [6.07, 6.45) is 1.82. The monoisotopic (exact) mass is 452 g/mol. The molecule has 2 amide bonds. The Kier molecular flexibility index (Phi) is 6.46. The highest BCUT2D eigenvalue weighted by Gasteiger charge is 2.26. The lowest BCUT2D eigenvalue weighted by Crippen LogP contribution is -2.50. The zero-order valence-corrected chi connectivity index (χ0v) is 17.5. The van der Waals surface area contributed by atoms with Crippen molar-refractivity contribution in [1.29, 1.82) is 0 Å². The molecule has 9 heteroatoms. The van der Waals surface area contributed by atoms with Gasteiger partial charge in [0.15, 0.2) is 0 Å². The highest BCUT2D eigenvalue weighted by atomic mass is 79.9. The number of urea groups is 1. The number of thiazole rings is 1. The maximum absolute atomic E-state index is 12.5. The molecule has 1 aromatic heterocycles. The fourth-order valence-corrected chi connectivity index (χ4v) is 4.25. The summed E-state index contributed by atoms with van der Waals surface area (Å²) >= 11 is 5.00. The Morgan fingerprint density at radius 2 is 2.04 bits per heavy atom. The van der Waals surface area contributed by atoms with Gasteiger partial charge in [0.1, 0.15) is 5.01 Å². The second kappa shape index (κ2) is 8.81. The number of esters is 1. The molecule has 1 fully saturated rings. The third kappa shape index (κ3) is 4.66. The first kappa shape index (κ1) is 19.8. The van der Waals surface area contributed by atoms with Crippen molar-refractivity contribution >= 4 is 45.0 Å². The number of amides is 2. The Morgan fingerprint density at radius 3 is 2.63 bits per heavy atom. The number of carbonyl (C=O) groups is 2. The van der Waals surface area contributed by atoms with E-state index in [0.717, 1.165) is 18.1 Å². The van der Waals surface area contributed by atoms with Gasteiger partial charge in [0.25, 0.3) is 0 Å². The van der Waals surface area contributed by atoms with Gasteiger partial charge in [-0.25, -0.2) is 14.6 Å². The summed E-state index contributed by atoms with van der Waals surface area (Å²) in [4.78, 5) is 32.7. The molecular weight excluding hydrogens is 432 g/mol. The summed E-state index contributed by atoms with van der Waals surface area (Å²) in [6.45, 7) is 5.07. The van der Waals surface area contributed by atoms with E-state index in [1.807, 2.05) is 11.6 Å². The number of nitrogens with one attached hydrogen (secondary N) is 1. The zero-order chi connectivity index (χ0) is 19.4. The molecule has 27 heavy (non-hydrogen) atoms. The number of anilines is 1. The van der Waals surface area contributed by atoms with Crippen molar-refractivity contribution in [2.24, 2.45) is 0 Å². The number of hydrogen-bond donors (Lipinski definition) is 1. The molecule has 1 aromatic carbocycles. The summed E-state index contributed by atoms with van der Waals surface area (Å²) in [5.74, 6) is -0.426. The number of halogens is 1. The second-order valence-electron chi connectivity index (χ2n) is 6.19. The van der Waals surface area contributed by atoms with E-state index in [1.54, 1.807) is 34.4 Å². The molecule has 0 bridgehead atoms. The predicted octanol–water partition coefficient (Wildman–Crippen LogP) is 3.60. The van der Waals surface area contributed by atoms with Crippen LogP contribution < -0.4 is 5.32 Å². The molecule has 144 valence electrons.